The Balaban J connectivity index is 1.82. The van der Waals surface area contributed by atoms with E-state index in [-0.39, 0.29) is 5.91 Å². The molecule has 0 spiro atoms. The summed E-state index contributed by atoms with van der Waals surface area (Å²) < 4.78 is 10.7. The van der Waals surface area contributed by atoms with Crippen molar-refractivity contribution in [3.8, 4) is 11.5 Å². The van der Waals surface area contributed by atoms with E-state index >= 15 is 0 Å². The first-order valence-electron chi connectivity index (χ1n) is 8.06. The highest BCUT2D eigenvalue weighted by atomic mass is 32.1. The second kappa shape index (κ2) is 7.21. The van der Waals surface area contributed by atoms with Crippen molar-refractivity contribution in [3.63, 3.8) is 0 Å². The number of hydrogen-bond acceptors (Lipinski definition) is 5. The molecular formula is C18H22N2O3S. The SMILES string of the molecule is COc1cccc(C(=O)N2CCC[C@H](c3nc(C)cs3)C2)c1OC. The number of carbonyl (C=O) groups excluding carboxylic acids is 1. The molecule has 1 aliphatic rings. The zero-order valence-electron chi connectivity index (χ0n) is 14.2. The number of carbonyl (C=O) groups is 1. The number of ether oxygens (including phenoxy) is 2. The Morgan fingerprint density at radius 3 is 2.83 bits per heavy atom. The molecule has 2 aromatic rings. The zero-order valence-corrected chi connectivity index (χ0v) is 15.1. The first-order chi connectivity index (χ1) is 11.6. The molecule has 0 N–H and O–H groups in total. The number of aromatic nitrogens is 1. The summed E-state index contributed by atoms with van der Waals surface area (Å²) in [5.41, 5.74) is 1.60. The highest BCUT2D eigenvalue weighted by Crippen LogP contribution is 2.34. The van der Waals surface area contributed by atoms with Crippen LogP contribution in [0.4, 0.5) is 0 Å². The van der Waals surface area contributed by atoms with Crippen LogP contribution in [-0.4, -0.2) is 43.1 Å². The van der Waals surface area contributed by atoms with Crippen molar-refractivity contribution in [2.24, 2.45) is 0 Å². The normalized spacial score (nSPS) is 17.6. The van der Waals surface area contributed by atoms with E-state index in [0.29, 0.717) is 29.5 Å². The lowest BCUT2D eigenvalue weighted by Gasteiger charge is -2.32. The molecule has 0 radical (unpaired) electrons. The molecular weight excluding hydrogens is 324 g/mol. The van der Waals surface area contributed by atoms with E-state index in [1.807, 2.05) is 17.9 Å². The second-order valence-electron chi connectivity index (χ2n) is 5.96. The first-order valence-corrected chi connectivity index (χ1v) is 8.94. The largest absolute Gasteiger partial charge is 0.493 e. The maximum Gasteiger partial charge on any atom is 0.257 e. The van der Waals surface area contributed by atoms with Crippen molar-refractivity contribution in [2.45, 2.75) is 25.7 Å². The van der Waals surface area contributed by atoms with E-state index in [9.17, 15) is 4.79 Å². The Morgan fingerprint density at radius 1 is 1.33 bits per heavy atom. The van der Waals surface area contributed by atoms with Gasteiger partial charge in [-0.15, -0.1) is 11.3 Å². The minimum Gasteiger partial charge on any atom is -0.493 e. The van der Waals surface area contributed by atoms with Gasteiger partial charge in [-0.3, -0.25) is 4.79 Å². The van der Waals surface area contributed by atoms with Crippen molar-refractivity contribution in [1.29, 1.82) is 0 Å². The van der Waals surface area contributed by atoms with Crippen LogP contribution < -0.4 is 9.47 Å². The van der Waals surface area contributed by atoms with Gasteiger partial charge in [0.25, 0.3) is 5.91 Å². The van der Waals surface area contributed by atoms with Crippen LogP contribution in [0.5, 0.6) is 11.5 Å². The van der Waals surface area contributed by atoms with Gasteiger partial charge in [-0.2, -0.15) is 0 Å². The van der Waals surface area contributed by atoms with Gasteiger partial charge in [0.05, 0.1) is 24.8 Å². The van der Waals surface area contributed by atoms with E-state index in [2.05, 4.69) is 10.4 Å². The number of nitrogens with zero attached hydrogens (tertiary/aromatic N) is 2. The molecule has 6 heteroatoms. The molecule has 5 nitrogen and oxygen atoms in total. The fourth-order valence-electron chi connectivity index (χ4n) is 3.15. The highest BCUT2D eigenvalue weighted by Gasteiger charge is 2.29. The fraction of sp³-hybridized carbons (Fsp3) is 0.444. The van der Waals surface area contributed by atoms with E-state index in [1.165, 1.54) is 0 Å². The first kappa shape index (κ1) is 16.8. The van der Waals surface area contributed by atoms with Crippen LogP contribution in [0.3, 0.4) is 0 Å². The van der Waals surface area contributed by atoms with Gasteiger partial charge in [-0.25, -0.2) is 4.98 Å². The Morgan fingerprint density at radius 2 is 2.17 bits per heavy atom. The quantitative estimate of drug-likeness (QED) is 0.850. The third kappa shape index (κ3) is 3.24. The van der Waals surface area contributed by atoms with Gasteiger partial charge in [0.2, 0.25) is 0 Å². The Labute approximate surface area is 146 Å². The van der Waals surface area contributed by atoms with Crippen LogP contribution in [0, 0.1) is 6.92 Å². The molecule has 0 unspecified atom stereocenters. The van der Waals surface area contributed by atoms with Gasteiger partial charge in [0.15, 0.2) is 11.5 Å². The van der Waals surface area contributed by atoms with Crippen LogP contribution >= 0.6 is 11.3 Å². The van der Waals surface area contributed by atoms with Gasteiger partial charge in [0.1, 0.15) is 0 Å². The molecule has 1 aliphatic heterocycles. The minimum absolute atomic E-state index is 0.0104. The molecule has 1 aromatic heterocycles. The summed E-state index contributed by atoms with van der Waals surface area (Å²) in [6.45, 7) is 3.47. The summed E-state index contributed by atoms with van der Waals surface area (Å²) in [6, 6.07) is 5.41. The van der Waals surface area contributed by atoms with E-state index < -0.39 is 0 Å². The maximum atomic E-state index is 13.0. The number of hydrogen-bond donors (Lipinski definition) is 0. The van der Waals surface area contributed by atoms with Gasteiger partial charge >= 0.3 is 0 Å². The summed E-state index contributed by atoms with van der Waals surface area (Å²) in [5, 5.41) is 3.20. The zero-order chi connectivity index (χ0) is 17.1. The number of likely N-dealkylation sites (tertiary alicyclic amines) is 1. The number of aryl methyl sites for hydroxylation is 1. The van der Waals surface area contributed by atoms with Crippen LogP contribution in [0.15, 0.2) is 23.6 Å². The second-order valence-corrected chi connectivity index (χ2v) is 6.85. The van der Waals surface area contributed by atoms with Gasteiger partial charge < -0.3 is 14.4 Å². The van der Waals surface area contributed by atoms with Crippen LogP contribution in [0.25, 0.3) is 0 Å². The predicted octanol–water partition coefficient (Wildman–Crippen LogP) is 3.49. The summed E-state index contributed by atoms with van der Waals surface area (Å²) in [7, 11) is 3.14. The molecule has 0 bridgehead atoms. The Hall–Kier alpha value is -2.08. The molecule has 1 atom stereocenters. The number of para-hydroxylation sites is 1. The smallest absolute Gasteiger partial charge is 0.257 e. The standard InChI is InChI=1S/C18H22N2O3S/c1-12-11-24-17(19-12)13-6-5-9-20(10-13)18(21)14-7-4-8-15(22-2)16(14)23-3/h4,7-8,11,13H,5-6,9-10H2,1-3H3/t13-/m0/s1. The third-order valence-electron chi connectivity index (χ3n) is 4.33. The van der Waals surface area contributed by atoms with Gasteiger partial charge in [-0.1, -0.05) is 6.07 Å². The topological polar surface area (TPSA) is 51.7 Å². The Bertz CT molecular complexity index is 729. The number of rotatable bonds is 4. The lowest BCUT2D eigenvalue weighted by Crippen LogP contribution is -2.39. The molecule has 1 fully saturated rings. The van der Waals surface area contributed by atoms with Crippen LogP contribution in [0.1, 0.15) is 39.8 Å². The molecule has 2 heterocycles. The van der Waals surface area contributed by atoms with E-state index in [1.54, 1.807) is 37.7 Å². The minimum atomic E-state index is -0.0104. The molecule has 0 saturated carbocycles. The molecule has 24 heavy (non-hydrogen) atoms. The highest BCUT2D eigenvalue weighted by molar-refractivity contribution is 7.09. The molecule has 0 aliphatic carbocycles. The number of benzene rings is 1. The predicted molar refractivity (Wildman–Crippen MR) is 94.3 cm³/mol. The lowest BCUT2D eigenvalue weighted by molar-refractivity contribution is 0.0703. The molecule has 3 rings (SSSR count). The van der Waals surface area contributed by atoms with Gasteiger partial charge in [-0.05, 0) is 31.9 Å². The summed E-state index contributed by atoms with van der Waals surface area (Å²) in [4.78, 5) is 19.5. The van der Waals surface area contributed by atoms with Crippen molar-refractivity contribution < 1.29 is 14.3 Å². The monoisotopic (exact) mass is 346 g/mol. The lowest BCUT2D eigenvalue weighted by atomic mass is 9.98. The number of amides is 1. The van der Waals surface area contributed by atoms with Crippen LogP contribution in [0.2, 0.25) is 0 Å². The van der Waals surface area contributed by atoms with E-state index in [4.69, 9.17) is 9.47 Å². The van der Waals surface area contributed by atoms with Crippen molar-refractivity contribution in [3.05, 3.63) is 39.8 Å². The number of thiazole rings is 1. The Kier molecular flexibility index (Phi) is 5.04. The van der Waals surface area contributed by atoms with Crippen molar-refractivity contribution in [2.75, 3.05) is 27.3 Å². The summed E-state index contributed by atoms with van der Waals surface area (Å²) >= 11 is 1.69. The molecule has 128 valence electrons. The van der Waals surface area contributed by atoms with Gasteiger partial charge in [0, 0.05) is 30.1 Å². The maximum absolute atomic E-state index is 13.0. The average molecular weight is 346 g/mol. The van der Waals surface area contributed by atoms with Crippen molar-refractivity contribution in [1.82, 2.24) is 9.88 Å². The van der Waals surface area contributed by atoms with Crippen LogP contribution in [-0.2, 0) is 0 Å². The summed E-state index contributed by atoms with van der Waals surface area (Å²) in [5.74, 6) is 1.38. The molecule has 1 aromatic carbocycles. The molecule has 1 saturated heterocycles. The average Bonchev–Trinajstić information content (AvgIpc) is 3.06. The summed E-state index contributed by atoms with van der Waals surface area (Å²) in [6.07, 6.45) is 2.06. The third-order valence-corrected chi connectivity index (χ3v) is 5.45. The fourth-order valence-corrected chi connectivity index (χ4v) is 4.07. The number of methoxy groups -OCH3 is 2. The van der Waals surface area contributed by atoms with E-state index in [0.717, 1.165) is 30.1 Å². The van der Waals surface area contributed by atoms with Crippen molar-refractivity contribution >= 4 is 17.2 Å². The molecule has 1 amide bonds. The number of piperidine rings is 1.